The van der Waals surface area contributed by atoms with E-state index in [0.29, 0.717) is 0 Å². The van der Waals surface area contributed by atoms with Gasteiger partial charge in [-0.2, -0.15) is 0 Å². The molecule has 0 amide bonds. The molecule has 6 heteroatoms. The van der Waals surface area contributed by atoms with E-state index in [2.05, 4.69) is 72.8 Å². The van der Waals surface area contributed by atoms with Crippen LogP contribution in [-0.2, 0) is 19.5 Å². The first-order chi connectivity index (χ1) is 11.0. The smallest absolute Gasteiger partial charge is 0.418 e. The van der Waals surface area contributed by atoms with Gasteiger partial charge in [0.25, 0.3) is 0 Å². The molecule has 0 N–H and O–H groups in total. The third-order valence-corrected chi connectivity index (χ3v) is 2.99. The first-order valence-corrected chi connectivity index (χ1v) is 7.58. The van der Waals surface area contributed by atoms with Crippen molar-refractivity contribution in [3.05, 3.63) is 72.8 Å². The Bertz CT molecular complexity index is 526. The number of rotatable bonds is 0. The molecule has 0 atom stereocenters. The predicted molar refractivity (Wildman–Crippen MR) is 90.9 cm³/mol. The van der Waals surface area contributed by atoms with Crippen LogP contribution in [0.3, 0.4) is 0 Å². The second-order valence-corrected chi connectivity index (χ2v) is 4.94. The van der Waals surface area contributed by atoms with E-state index >= 15 is 0 Å². The number of halogens is 4. The van der Waals surface area contributed by atoms with Crippen LogP contribution in [0.4, 0.5) is 17.3 Å². The second kappa shape index (κ2) is 12.9. The summed E-state index contributed by atoms with van der Waals surface area (Å²) in [4.78, 5) is 0. The van der Waals surface area contributed by atoms with Gasteiger partial charge in [-0.15, -0.1) is 0 Å². The molecule has 133 valence electrons. The van der Waals surface area contributed by atoms with Gasteiger partial charge >= 0.3 is 7.25 Å². The zero-order valence-corrected chi connectivity index (χ0v) is 14.8. The zero-order chi connectivity index (χ0) is 17.0. The van der Waals surface area contributed by atoms with Crippen molar-refractivity contribution in [2.75, 3.05) is 0 Å². The molecule has 0 heterocycles. The first kappa shape index (κ1) is 22.6. The van der Waals surface area contributed by atoms with Crippen LogP contribution in [-0.4, -0.2) is 7.25 Å². The molecule has 0 nitrogen and oxygen atoms in total. The van der Waals surface area contributed by atoms with Gasteiger partial charge in [0.2, 0.25) is 0 Å². The van der Waals surface area contributed by atoms with Crippen molar-refractivity contribution in [2.24, 2.45) is 0 Å². The summed E-state index contributed by atoms with van der Waals surface area (Å²) in [7, 11) is -6.00. The van der Waals surface area contributed by atoms with Crippen molar-refractivity contribution in [2.45, 2.75) is 25.7 Å². The van der Waals surface area contributed by atoms with Crippen LogP contribution >= 0.6 is 0 Å². The number of fused-ring (bicyclic) bond motifs is 1. The molecule has 0 bridgehead atoms. The van der Waals surface area contributed by atoms with E-state index in [0.717, 1.165) is 0 Å². The molecule has 0 unspecified atom stereocenters. The summed E-state index contributed by atoms with van der Waals surface area (Å²) in [6.45, 7) is 0. The molecule has 0 aliphatic heterocycles. The summed E-state index contributed by atoms with van der Waals surface area (Å²) in [6, 6.07) is 16.7. The van der Waals surface area contributed by atoms with Crippen LogP contribution in [0, 0.1) is 0 Å². The molecular weight excluding hydrogens is 406 g/mol. The van der Waals surface area contributed by atoms with Crippen molar-refractivity contribution in [3.63, 3.8) is 0 Å². The molecular formula is C18H20BF4Rh-. The number of hydrogen-bond donors (Lipinski definition) is 0. The van der Waals surface area contributed by atoms with E-state index in [1.165, 1.54) is 36.5 Å². The Morgan fingerprint density at radius 1 is 0.542 bits per heavy atom. The standard InChI is InChI=1S/C10H8.C8H12.BF4.Rh/c1-2-6-10-8-4-3-7-9(10)5-1;1-2-4-6-8-7-5-3-1;2-1(3,4)5;/h1-8H;1-2,7-8H,3-6H2;;/q;;-1;/b;2-1-,8-7-;;. The summed E-state index contributed by atoms with van der Waals surface area (Å²) in [5.74, 6) is 0. The van der Waals surface area contributed by atoms with Gasteiger partial charge in [0.1, 0.15) is 0 Å². The van der Waals surface area contributed by atoms with E-state index < -0.39 is 7.25 Å². The Kier molecular flexibility index (Phi) is 12.2. The topological polar surface area (TPSA) is 0 Å². The molecule has 1 aliphatic carbocycles. The molecule has 0 saturated heterocycles. The molecule has 1 radical (unpaired) electrons. The Morgan fingerprint density at radius 3 is 0.958 bits per heavy atom. The minimum atomic E-state index is -6.00. The maximum Gasteiger partial charge on any atom is 0.673 e. The van der Waals surface area contributed by atoms with Crippen LogP contribution < -0.4 is 0 Å². The van der Waals surface area contributed by atoms with Crippen molar-refractivity contribution in [1.29, 1.82) is 0 Å². The van der Waals surface area contributed by atoms with E-state index in [1.54, 1.807) is 0 Å². The Balaban J connectivity index is 0.000000344. The molecule has 0 saturated carbocycles. The van der Waals surface area contributed by atoms with Gasteiger partial charge in [-0.3, -0.25) is 0 Å². The second-order valence-electron chi connectivity index (χ2n) is 4.94. The van der Waals surface area contributed by atoms with E-state index in [-0.39, 0.29) is 19.5 Å². The van der Waals surface area contributed by atoms with Crippen LogP contribution in [0.25, 0.3) is 10.8 Å². The summed E-state index contributed by atoms with van der Waals surface area (Å²) in [6.07, 6.45) is 14.0. The molecule has 0 aromatic heterocycles. The average molecular weight is 426 g/mol. The quantitative estimate of drug-likeness (QED) is 0.247. The number of hydrogen-bond acceptors (Lipinski definition) is 0. The molecule has 2 aromatic rings. The van der Waals surface area contributed by atoms with Crippen molar-refractivity contribution in [1.82, 2.24) is 0 Å². The van der Waals surface area contributed by atoms with Gasteiger partial charge in [0.05, 0.1) is 0 Å². The molecule has 3 rings (SSSR count). The number of allylic oxidation sites excluding steroid dienone is 4. The van der Waals surface area contributed by atoms with E-state index in [9.17, 15) is 17.3 Å². The van der Waals surface area contributed by atoms with Crippen LogP contribution in [0.2, 0.25) is 0 Å². The minimum Gasteiger partial charge on any atom is -0.418 e. The minimum absolute atomic E-state index is 0. The third-order valence-electron chi connectivity index (χ3n) is 2.99. The predicted octanol–water partition coefficient (Wildman–Crippen LogP) is 6.81. The number of benzene rings is 2. The van der Waals surface area contributed by atoms with Crippen molar-refractivity contribution < 1.29 is 36.7 Å². The van der Waals surface area contributed by atoms with Gasteiger partial charge in [-0.1, -0.05) is 72.8 Å². The molecule has 0 spiro atoms. The fourth-order valence-electron chi connectivity index (χ4n) is 1.99. The summed E-state index contributed by atoms with van der Waals surface area (Å²) in [5, 5.41) is 2.62. The monoisotopic (exact) mass is 426 g/mol. The summed E-state index contributed by atoms with van der Waals surface area (Å²) >= 11 is 0. The van der Waals surface area contributed by atoms with Crippen LogP contribution in [0.1, 0.15) is 25.7 Å². The van der Waals surface area contributed by atoms with Gasteiger partial charge in [-0.25, -0.2) is 0 Å². The largest absolute Gasteiger partial charge is 0.673 e. The average Bonchev–Trinajstić information content (AvgIpc) is 2.46. The van der Waals surface area contributed by atoms with Gasteiger partial charge in [0, 0.05) is 19.5 Å². The first-order valence-electron chi connectivity index (χ1n) is 7.58. The maximum atomic E-state index is 9.75. The SMILES string of the molecule is C1=C\CC/C=C\CC/1.F[B-](F)(F)F.[Rh].c1ccc2ccccc2c1. The fraction of sp³-hybridized carbons (Fsp3) is 0.222. The van der Waals surface area contributed by atoms with Gasteiger partial charge in [-0.05, 0) is 36.5 Å². The summed E-state index contributed by atoms with van der Waals surface area (Å²) in [5.41, 5.74) is 0. The Labute approximate surface area is 153 Å². The van der Waals surface area contributed by atoms with Crippen molar-refractivity contribution >= 4 is 18.0 Å². The maximum absolute atomic E-state index is 9.75. The van der Waals surface area contributed by atoms with E-state index in [1.807, 2.05) is 0 Å². The van der Waals surface area contributed by atoms with Crippen molar-refractivity contribution in [3.8, 4) is 0 Å². The summed E-state index contributed by atoms with van der Waals surface area (Å²) < 4.78 is 39.0. The molecule has 1 aliphatic rings. The normalized spacial score (nSPS) is 16.0. The Morgan fingerprint density at radius 2 is 0.750 bits per heavy atom. The zero-order valence-electron chi connectivity index (χ0n) is 13.2. The van der Waals surface area contributed by atoms with Gasteiger partial charge in [0.15, 0.2) is 0 Å². The van der Waals surface area contributed by atoms with E-state index in [4.69, 9.17) is 0 Å². The molecule has 2 aromatic carbocycles. The van der Waals surface area contributed by atoms with Crippen LogP contribution in [0.15, 0.2) is 72.8 Å². The third kappa shape index (κ3) is 13.1. The van der Waals surface area contributed by atoms with Crippen LogP contribution in [0.5, 0.6) is 0 Å². The molecule has 0 fully saturated rings. The molecule has 24 heavy (non-hydrogen) atoms. The van der Waals surface area contributed by atoms with Gasteiger partial charge < -0.3 is 17.3 Å². The fourth-order valence-corrected chi connectivity index (χ4v) is 1.99. The Hall–Kier alpha value is -1.41.